The Morgan fingerprint density at radius 1 is 1.06 bits per heavy atom. The van der Waals surface area contributed by atoms with Crippen molar-refractivity contribution < 1.29 is 4.74 Å². The molecule has 35 heavy (non-hydrogen) atoms. The normalized spacial score (nSPS) is 11.9. The standard InChI is InChI=1S/C26H23N5O3S/c1-4-12-34-20-10-11-21(16(2)13-20)23-18(15-30(29-23)19-8-6-5-7-9-19)14-22-25(33)31-26(35-22)27-24(32)17(3)28-31/h5-11,13-15H,4,12H2,1-3H3/b22-14-. The van der Waals surface area contributed by atoms with Gasteiger partial charge in [0.2, 0.25) is 4.96 Å². The molecule has 0 saturated heterocycles. The Balaban J connectivity index is 1.70. The lowest BCUT2D eigenvalue weighted by Gasteiger charge is -2.09. The van der Waals surface area contributed by atoms with Crippen molar-refractivity contribution in [2.75, 3.05) is 6.61 Å². The SMILES string of the molecule is CCCOc1ccc(-c2nn(-c3ccccc3)cc2/C=c2\sc3nc(=O)c(C)nn3c2=O)c(C)c1. The second-order valence-electron chi connectivity index (χ2n) is 8.15. The van der Waals surface area contributed by atoms with Crippen molar-refractivity contribution in [1.82, 2.24) is 24.4 Å². The van der Waals surface area contributed by atoms with E-state index in [2.05, 4.69) is 17.0 Å². The Bertz CT molecular complexity index is 1700. The zero-order chi connectivity index (χ0) is 24.5. The van der Waals surface area contributed by atoms with Crippen LogP contribution in [0.4, 0.5) is 0 Å². The van der Waals surface area contributed by atoms with E-state index in [0.717, 1.165) is 51.6 Å². The smallest absolute Gasteiger partial charge is 0.295 e. The minimum absolute atomic E-state index is 0.183. The van der Waals surface area contributed by atoms with Crippen molar-refractivity contribution in [2.45, 2.75) is 27.2 Å². The van der Waals surface area contributed by atoms with E-state index >= 15 is 0 Å². The molecule has 3 aromatic heterocycles. The number of aromatic nitrogens is 5. The van der Waals surface area contributed by atoms with Gasteiger partial charge < -0.3 is 4.74 Å². The van der Waals surface area contributed by atoms with Crippen LogP contribution in [0, 0.1) is 13.8 Å². The van der Waals surface area contributed by atoms with E-state index < -0.39 is 5.56 Å². The van der Waals surface area contributed by atoms with E-state index in [9.17, 15) is 9.59 Å². The van der Waals surface area contributed by atoms with Crippen molar-refractivity contribution in [1.29, 1.82) is 0 Å². The van der Waals surface area contributed by atoms with Crippen molar-refractivity contribution >= 4 is 22.4 Å². The molecule has 0 N–H and O–H groups in total. The number of hydrogen-bond donors (Lipinski definition) is 0. The Morgan fingerprint density at radius 3 is 2.60 bits per heavy atom. The second-order valence-corrected chi connectivity index (χ2v) is 9.16. The summed E-state index contributed by atoms with van der Waals surface area (Å²) in [6.07, 6.45) is 4.61. The predicted molar refractivity (Wildman–Crippen MR) is 136 cm³/mol. The molecule has 0 spiro atoms. The average Bonchev–Trinajstić information content (AvgIpc) is 3.40. The van der Waals surface area contributed by atoms with E-state index in [1.807, 2.05) is 61.7 Å². The summed E-state index contributed by atoms with van der Waals surface area (Å²) in [7, 11) is 0. The third-order valence-corrected chi connectivity index (χ3v) is 6.48. The van der Waals surface area contributed by atoms with Gasteiger partial charge in [-0.3, -0.25) is 9.59 Å². The number of ether oxygens (including phenoxy) is 1. The molecular weight excluding hydrogens is 462 g/mol. The molecule has 5 aromatic rings. The molecule has 0 radical (unpaired) electrons. The van der Waals surface area contributed by atoms with Crippen LogP contribution in [0.5, 0.6) is 5.75 Å². The van der Waals surface area contributed by atoms with E-state index in [0.29, 0.717) is 11.1 Å². The monoisotopic (exact) mass is 485 g/mol. The first-order valence-corrected chi connectivity index (χ1v) is 12.1. The molecule has 0 aliphatic rings. The highest BCUT2D eigenvalue weighted by Crippen LogP contribution is 2.30. The van der Waals surface area contributed by atoms with Crippen LogP contribution in [0.1, 0.15) is 30.2 Å². The molecule has 2 aromatic carbocycles. The number of aryl methyl sites for hydroxylation is 2. The molecule has 0 fully saturated rings. The van der Waals surface area contributed by atoms with Crippen molar-refractivity contribution in [2.24, 2.45) is 0 Å². The van der Waals surface area contributed by atoms with Gasteiger partial charge in [-0.1, -0.05) is 36.5 Å². The van der Waals surface area contributed by atoms with E-state index in [1.165, 1.54) is 4.52 Å². The molecule has 0 aliphatic carbocycles. The topological polar surface area (TPSA) is 91.4 Å². The lowest BCUT2D eigenvalue weighted by Crippen LogP contribution is -2.27. The number of rotatable bonds is 6. The van der Waals surface area contributed by atoms with E-state index in [1.54, 1.807) is 17.7 Å². The molecule has 5 rings (SSSR count). The third kappa shape index (κ3) is 4.38. The maximum atomic E-state index is 13.0. The molecule has 0 amide bonds. The van der Waals surface area contributed by atoms with Gasteiger partial charge in [-0.2, -0.15) is 19.7 Å². The summed E-state index contributed by atoms with van der Waals surface area (Å²) in [5.41, 5.74) is 3.77. The minimum atomic E-state index is -0.434. The maximum Gasteiger partial charge on any atom is 0.295 e. The van der Waals surface area contributed by atoms with Gasteiger partial charge in [-0.05, 0) is 62.2 Å². The second kappa shape index (κ2) is 9.27. The Morgan fingerprint density at radius 2 is 1.86 bits per heavy atom. The lowest BCUT2D eigenvalue weighted by molar-refractivity contribution is 0.317. The van der Waals surface area contributed by atoms with Crippen LogP contribution in [0.25, 0.3) is 28.0 Å². The van der Waals surface area contributed by atoms with Gasteiger partial charge >= 0.3 is 0 Å². The van der Waals surface area contributed by atoms with Gasteiger partial charge in [0.25, 0.3) is 11.1 Å². The number of hydrogen-bond acceptors (Lipinski definition) is 7. The number of para-hydroxylation sites is 1. The Hall–Kier alpha value is -4.11. The maximum absolute atomic E-state index is 13.0. The summed E-state index contributed by atoms with van der Waals surface area (Å²) in [6.45, 7) is 6.28. The molecule has 0 bridgehead atoms. The quantitative estimate of drug-likeness (QED) is 0.366. The van der Waals surface area contributed by atoms with Crippen molar-refractivity contribution in [3.8, 4) is 22.7 Å². The molecule has 3 heterocycles. The summed E-state index contributed by atoms with van der Waals surface area (Å²) in [6, 6.07) is 15.7. The van der Waals surface area contributed by atoms with Gasteiger partial charge in [0.15, 0.2) is 0 Å². The average molecular weight is 486 g/mol. The molecule has 0 unspecified atom stereocenters. The van der Waals surface area contributed by atoms with Crippen LogP contribution < -0.4 is 20.4 Å². The fraction of sp³-hybridized carbons (Fsp3) is 0.192. The van der Waals surface area contributed by atoms with Crippen LogP contribution in [0.3, 0.4) is 0 Å². The number of benzene rings is 2. The molecule has 0 atom stereocenters. The van der Waals surface area contributed by atoms with Crippen molar-refractivity contribution in [3.63, 3.8) is 0 Å². The largest absolute Gasteiger partial charge is 0.494 e. The summed E-state index contributed by atoms with van der Waals surface area (Å²) in [5.74, 6) is 0.810. The predicted octanol–water partition coefficient (Wildman–Crippen LogP) is 3.32. The van der Waals surface area contributed by atoms with Crippen LogP contribution in [-0.4, -0.2) is 31.0 Å². The van der Waals surface area contributed by atoms with Gasteiger partial charge in [0, 0.05) is 17.3 Å². The Kier molecular flexibility index (Phi) is 6.00. The van der Waals surface area contributed by atoms with Crippen LogP contribution in [0.15, 0.2) is 64.3 Å². The number of nitrogens with zero attached hydrogens (tertiary/aromatic N) is 5. The van der Waals surface area contributed by atoms with Gasteiger partial charge in [-0.25, -0.2) is 4.68 Å². The van der Waals surface area contributed by atoms with Crippen LogP contribution in [-0.2, 0) is 0 Å². The highest BCUT2D eigenvalue weighted by molar-refractivity contribution is 7.15. The summed E-state index contributed by atoms with van der Waals surface area (Å²) in [4.78, 5) is 29.2. The molecule has 8 nitrogen and oxygen atoms in total. The van der Waals surface area contributed by atoms with Gasteiger partial charge in [0.05, 0.1) is 16.8 Å². The van der Waals surface area contributed by atoms with E-state index in [-0.39, 0.29) is 16.2 Å². The third-order valence-electron chi connectivity index (χ3n) is 5.52. The zero-order valence-electron chi connectivity index (χ0n) is 19.6. The zero-order valence-corrected chi connectivity index (χ0v) is 20.4. The molecule has 0 aliphatic heterocycles. The van der Waals surface area contributed by atoms with Crippen LogP contribution >= 0.6 is 11.3 Å². The highest BCUT2D eigenvalue weighted by atomic mass is 32.1. The number of thiazole rings is 1. The lowest BCUT2D eigenvalue weighted by atomic mass is 10.0. The van der Waals surface area contributed by atoms with Gasteiger partial charge in [0.1, 0.15) is 17.1 Å². The first kappa shape index (κ1) is 22.7. The summed E-state index contributed by atoms with van der Waals surface area (Å²) >= 11 is 1.13. The summed E-state index contributed by atoms with van der Waals surface area (Å²) in [5, 5.41) is 8.97. The Labute approximate surface area is 204 Å². The molecular formula is C26H23N5O3S. The molecule has 0 saturated carbocycles. The first-order chi connectivity index (χ1) is 16.9. The van der Waals surface area contributed by atoms with Crippen LogP contribution in [0.2, 0.25) is 0 Å². The first-order valence-electron chi connectivity index (χ1n) is 11.3. The summed E-state index contributed by atoms with van der Waals surface area (Å²) < 4.78 is 9.18. The molecule has 176 valence electrons. The van der Waals surface area contributed by atoms with Gasteiger partial charge in [-0.15, -0.1) is 0 Å². The fourth-order valence-electron chi connectivity index (χ4n) is 3.75. The minimum Gasteiger partial charge on any atom is -0.494 e. The molecule has 9 heteroatoms. The highest BCUT2D eigenvalue weighted by Gasteiger charge is 2.15. The van der Waals surface area contributed by atoms with Crippen molar-refractivity contribution in [3.05, 3.63) is 96.8 Å². The fourth-order valence-corrected chi connectivity index (χ4v) is 4.65. The number of fused-ring (bicyclic) bond motifs is 1. The van der Waals surface area contributed by atoms with E-state index in [4.69, 9.17) is 9.84 Å².